The summed E-state index contributed by atoms with van der Waals surface area (Å²) >= 11 is 0. The first-order valence-corrected chi connectivity index (χ1v) is 7.50. The van der Waals surface area contributed by atoms with E-state index in [0.717, 1.165) is 42.6 Å². The first-order valence-electron chi connectivity index (χ1n) is 7.50. The number of hydrogen-bond acceptors (Lipinski definition) is 3. The summed E-state index contributed by atoms with van der Waals surface area (Å²) < 4.78 is 5.23. The molecule has 0 amide bonds. The molecule has 0 aromatic heterocycles. The molecule has 1 aromatic carbocycles. The first kappa shape index (κ1) is 15.8. The Bertz CT molecular complexity index is 504. The number of carboxylic acids is 1. The SMILES string of the molecule is COc1ccc(C(O)CC2(CC(=O)O)CCCC2)cc1C. The molecule has 0 aliphatic heterocycles. The van der Waals surface area contributed by atoms with Gasteiger partial charge in [0.25, 0.3) is 0 Å². The smallest absolute Gasteiger partial charge is 0.303 e. The van der Waals surface area contributed by atoms with Gasteiger partial charge >= 0.3 is 5.97 Å². The number of carboxylic acid groups (broad SMARTS) is 1. The molecule has 0 radical (unpaired) electrons. The Morgan fingerprint density at radius 3 is 2.57 bits per heavy atom. The van der Waals surface area contributed by atoms with Crippen molar-refractivity contribution in [2.24, 2.45) is 5.41 Å². The van der Waals surface area contributed by atoms with Gasteiger partial charge in [-0.1, -0.05) is 18.9 Å². The van der Waals surface area contributed by atoms with Crippen molar-refractivity contribution in [3.63, 3.8) is 0 Å². The Morgan fingerprint density at radius 2 is 2.05 bits per heavy atom. The standard InChI is InChI=1S/C17H24O4/c1-12-9-13(5-6-15(12)21-2)14(18)10-17(11-16(19)20)7-3-4-8-17/h5-6,9,14,18H,3-4,7-8,10-11H2,1-2H3,(H,19,20). The van der Waals surface area contributed by atoms with Gasteiger partial charge in [-0.3, -0.25) is 4.79 Å². The Hall–Kier alpha value is -1.55. The zero-order valence-corrected chi connectivity index (χ0v) is 12.8. The molecule has 4 nitrogen and oxygen atoms in total. The van der Waals surface area contributed by atoms with Crippen molar-refractivity contribution in [3.05, 3.63) is 29.3 Å². The highest BCUT2D eigenvalue weighted by Crippen LogP contribution is 2.47. The molecule has 1 saturated carbocycles. The van der Waals surface area contributed by atoms with Crippen molar-refractivity contribution < 1.29 is 19.7 Å². The van der Waals surface area contributed by atoms with E-state index in [2.05, 4.69) is 0 Å². The quantitative estimate of drug-likeness (QED) is 0.842. The molecule has 0 spiro atoms. The van der Waals surface area contributed by atoms with Crippen LogP contribution in [0.5, 0.6) is 5.75 Å². The van der Waals surface area contributed by atoms with Gasteiger partial charge in [-0.2, -0.15) is 0 Å². The van der Waals surface area contributed by atoms with Crippen LogP contribution < -0.4 is 4.74 Å². The molecule has 2 rings (SSSR count). The maximum Gasteiger partial charge on any atom is 0.303 e. The average Bonchev–Trinajstić information content (AvgIpc) is 2.85. The normalized spacial score (nSPS) is 18.4. The Morgan fingerprint density at radius 1 is 1.38 bits per heavy atom. The van der Waals surface area contributed by atoms with Crippen LogP contribution in [-0.2, 0) is 4.79 Å². The summed E-state index contributed by atoms with van der Waals surface area (Å²) in [6.07, 6.45) is 3.96. The number of carbonyl (C=O) groups is 1. The van der Waals surface area contributed by atoms with Gasteiger partial charge in [-0.05, 0) is 54.9 Å². The maximum atomic E-state index is 11.1. The zero-order chi connectivity index (χ0) is 15.5. The van der Waals surface area contributed by atoms with Crippen molar-refractivity contribution >= 4 is 5.97 Å². The third kappa shape index (κ3) is 3.76. The monoisotopic (exact) mass is 292 g/mol. The van der Waals surface area contributed by atoms with E-state index in [1.54, 1.807) is 7.11 Å². The fourth-order valence-corrected chi connectivity index (χ4v) is 3.54. The highest BCUT2D eigenvalue weighted by atomic mass is 16.5. The summed E-state index contributed by atoms with van der Waals surface area (Å²) in [4.78, 5) is 11.1. The predicted molar refractivity (Wildman–Crippen MR) is 80.5 cm³/mol. The van der Waals surface area contributed by atoms with Gasteiger partial charge in [0.1, 0.15) is 5.75 Å². The molecule has 1 unspecified atom stereocenters. The van der Waals surface area contributed by atoms with Crippen LogP contribution >= 0.6 is 0 Å². The largest absolute Gasteiger partial charge is 0.496 e. The highest BCUT2D eigenvalue weighted by Gasteiger charge is 2.38. The second-order valence-corrected chi connectivity index (χ2v) is 6.23. The Balaban J connectivity index is 2.13. The van der Waals surface area contributed by atoms with Crippen molar-refractivity contribution in [2.75, 3.05) is 7.11 Å². The fourth-order valence-electron chi connectivity index (χ4n) is 3.54. The average molecular weight is 292 g/mol. The molecule has 116 valence electrons. The van der Waals surface area contributed by atoms with E-state index >= 15 is 0 Å². The number of aliphatic carboxylic acids is 1. The second-order valence-electron chi connectivity index (χ2n) is 6.23. The minimum Gasteiger partial charge on any atom is -0.496 e. The van der Waals surface area contributed by atoms with Gasteiger partial charge in [0.05, 0.1) is 19.6 Å². The minimum atomic E-state index is -0.769. The molecule has 1 atom stereocenters. The lowest BCUT2D eigenvalue weighted by molar-refractivity contribution is -0.140. The van der Waals surface area contributed by atoms with Crippen LogP contribution in [0.1, 0.15) is 55.8 Å². The lowest BCUT2D eigenvalue weighted by atomic mass is 9.76. The summed E-state index contributed by atoms with van der Waals surface area (Å²) in [5, 5.41) is 19.7. The van der Waals surface area contributed by atoms with E-state index in [1.165, 1.54) is 0 Å². The molecular weight excluding hydrogens is 268 g/mol. The predicted octanol–water partition coefficient (Wildman–Crippen LogP) is 3.46. The number of aliphatic hydroxyl groups excluding tert-OH is 1. The summed E-state index contributed by atoms with van der Waals surface area (Å²) in [5.74, 6) is 0.0297. The van der Waals surface area contributed by atoms with Crippen LogP contribution in [0.3, 0.4) is 0 Å². The maximum absolute atomic E-state index is 11.1. The molecule has 1 aliphatic rings. The van der Waals surface area contributed by atoms with Crippen LogP contribution in [-0.4, -0.2) is 23.3 Å². The molecule has 0 heterocycles. The third-order valence-electron chi connectivity index (χ3n) is 4.62. The molecular formula is C17H24O4. The third-order valence-corrected chi connectivity index (χ3v) is 4.62. The number of aliphatic hydroxyl groups is 1. The molecule has 1 fully saturated rings. The Kier molecular flexibility index (Phi) is 4.88. The van der Waals surface area contributed by atoms with Gasteiger partial charge in [0.15, 0.2) is 0 Å². The molecule has 21 heavy (non-hydrogen) atoms. The van der Waals surface area contributed by atoms with Gasteiger partial charge in [0.2, 0.25) is 0 Å². The van der Waals surface area contributed by atoms with E-state index in [-0.39, 0.29) is 11.8 Å². The summed E-state index contributed by atoms with van der Waals surface area (Å²) in [7, 11) is 1.62. The molecule has 1 aliphatic carbocycles. The van der Waals surface area contributed by atoms with Crippen molar-refractivity contribution in [1.29, 1.82) is 0 Å². The van der Waals surface area contributed by atoms with Crippen molar-refractivity contribution in [1.82, 2.24) is 0 Å². The number of benzene rings is 1. The number of methoxy groups -OCH3 is 1. The van der Waals surface area contributed by atoms with E-state index < -0.39 is 12.1 Å². The van der Waals surface area contributed by atoms with Gasteiger partial charge < -0.3 is 14.9 Å². The first-order chi connectivity index (χ1) is 9.96. The number of rotatable bonds is 6. The number of aryl methyl sites for hydroxylation is 1. The van der Waals surface area contributed by atoms with E-state index in [4.69, 9.17) is 9.84 Å². The second kappa shape index (κ2) is 6.48. The lowest BCUT2D eigenvalue weighted by Crippen LogP contribution is -2.24. The van der Waals surface area contributed by atoms with E-state index in [1.807, 2.05) is 25.1 Å². The van der Waals surface area contributed by atoms with Crippen molar-refractivity contribution in [3.8, 4) is 5.75 Å². The van der Waals surface area contributed by atoms with Gasteiger partial charge in [0, 0.05) is 0 Å². The fraction of sp³-hybridized carbons (Fsp3) is 0.588. The molecule has 4 heteroatoms. The van der Waals surface area contributed by atoms with E-state index in [9.17, 15) is 9.90 Å². The van der Waals surface area contributed by atoms with Crippen LogP contribution in [0.4, 0.5) is 0 Å². The Labute approximate surface area is 125 Å². The van der Waals surface area contributed by atoms with Crippen LogP contribution in [0.25, 0.3) is 0 Å². The minimum absolute atomic E-state index is 0.152. The number of ether oxygens (including phenoxy) is 1. The lowest BCUT2D eigenvalue weighted by Gasteiger charge is -2.30. The molecule has 1 aromatic rings. The summed E-state index contributed by atoms with van der Waals surface area (Å²) in [6, 6.07) is 5.64. The number of hydrogen-bond donors (Lipinski definition) is 2. The van der Waals surface area contributed by atoms with Gasteiger partial charge in [-0.15, -0.1) is 0 Å². The van der Waals surface area contributed by atoms with Crippen molar-refractivity contribution in [2.45, 2.75) is 51.6 Å². The molecule has 0 saturated heterocycles. The van der Waals surface area contributed by atoms with E-state index in [0.29, 0.717) is 6.42 Å². The summed E-state index contributed by atoms with van der Waals surface area (Å²) in [6.45, 7) is 1.94. The van der Waals surface area contributed by atoms with Crippen LogP contribution in [0.2, 0.25) is 0 Å². The zero-order valence-electron chi connectivity index (χ0n) is 12.8. The van der Waals surface area contributed by atoms with Crippen LogP contribution in [0, 0.1) is 12.3 Å². The topological polar surface area (TPSA) is 66.8 Å². The summed E-state index contributed by atoms with van der Waals surface area (Å²) in [5.41, 5.74) is 1.57. The highest BCUT2D eigenvalue weighted by molar-refractivity contribution is 5.67. The van der Waals surface area contributed by atoms with Crippen LogP contribution in [0.15, 0.2) is 18.2 Å². The molecule has 2 N–H and O–H groups in total. The van der Waals surface area contributed by atoms with Gasteiger partial charge in [-0.25, -0.2) is 0 Å². The molecule has 0 bridgehead atoms.